The van der Waals surface area contributed by atoms with Crippen LogP contribution in [0.4, 0.5) is 5.69 Å². The third kappa shape index (κ3) is 3.58. The average Bonchev–Trinajstić information content (AvgIpc) is 2.14. The summed E-state index contributed by atoms with van der Waals surface area (Å²) in [4.78, 5) is 0. The van der Waals surface area contributed by atoms with Crippen LogP contribution >= 0.6 is 0 Å². The molecule has 76 valence electrons. The Kier molecular flexibility index (Phi) is 3.25. The Hall–Kier alpha value is -1.35. The zero-order valence-electron chi connectivity index (χ0n) is 8.81. The first-order chi connectivity index (χ1) is 6.49. The maximum Gasteiger partial charge on any atom is 0.0959 e. The molecule has 0 atom stereocenters. The minimum Gasteiger partial charge on any atom is -0.385 e. The van der Waals surface area contributed by atoms with Gasteiger partial charge in [0.15, 0.2) is 0 Å². The Balaban J connectivity index is 2.69. The summed E-state index contributed by atoms with van der Waals surface area (Å²) in [5.74, 6) is 0. The first-order valence-electron chi connectivity index (χ1n) is 4.55. The SMILES string of the molecule is CN(/N=C/C(C)(C)O)c1ccccc1. The monoisotopic (exact) mass is 192 g/mol. The van der Waals surface area contributed by atoms with Gasteiger partial charge in [-0.2, -0.15) is 5.10 Å². The summed E-state index contributed by atoms with van der Waals surface area (Å²) >= 11 is 0. The average molecular weight is 192 g/mol. The van der Waals surface area contributed by atoms with Crippen molar-refractivity contribution in [1.82, 2.24) is 0 Å². The lowest BCUT2D eigenvalue weighted by Gasteiger charge is -2.15. The van der Waals surface area contributed by atoms with Crippen molar-refractivity contribution in [3.63, 3.8) is 0 Å². The molecular weight excluding hydrogens is 176 g/mol. The molecule has 1 N–H and O–H groups in total. The molecule has 0 saturated heterocycles. The quantitative estimate of drug-likeness (QED) is 0.586. The maximum absolute atomic E-state index is 9.44. The molecule has 0 spiro atoms. The number of para-hydroxylation sites is 1. The van der Waals surface area contributed by atoms with Gasteiger partial charge in [0, 0.05) is 7.05 Å². The predicted molar refractivity (Wildman–Crippen MR) is 59.6 cm³/mol. The van der Waals surface area contributed by atoms with Gasteiger partial charge in [0.2, 0.25) is 0 Å². The molecule has 0 aliphatic rings. The fraction of sp³-hybridized carbons (Fsp3) is 0.364. The molecule has 0 unspecified atom stereocenters. The highest BCUT2D eigenvalue weighted by Gasteiger charge is 2.08. The summed E-state index contributed by atoms with van der Waals surface area (Å²) in [6, 6.07) is 9.78. The van der Waals surface area contributed by atoms with Gasteiger partial charge in [0.25, 0.3) is 0 Å². The van der Waals surface area contributed by atoms with Crippen molar-refractivity contribution in [2.45, 2.75) is 19.4 Å². The number of nitrogens with zero attached hydrogens (tertiary/aromatic N) is 2. The molecule has 0 aliphatic heterocycles. The van der Waals surface area contributed by atoms with Crippen LogP contribution in [0, 0.1) is 0 Å². The van der Waals surface area contributed by atoms with Gasteiger partial charge in [0.1, 0.15) is 0 Å². The molecule has 14 heavy (non-hydrogen) atoms. The molecule has 0 aromatic heterocycles. The van der Waals surface area contributed by atoms with Gasteiger partial charge in [-0.25, -0.2) is 0 Å². The number of aliphatic hydroxyl groups is 1. The van der Waals surface area contributed by atoms with Gasteiger partial charge < -0.3 is 5.11 Å². The second-order valence-electron chi connectivity index (χ2n) is 3.76. The predicted octanol–water partition coefficient (Wildman–Crippen LogP) is 1.88. The lowest BCUT2D eigenvalue weighted by Crippen LogP contribution is -2.22. The Bertz CT molecular complexity index is 301. The summed E-state index contributed by atoms with van der Waals surface area (Å²) < 4.78 is 0. The van der Waals surface area contributed by atoms with Crippen molar-refractivity contribution in [3.05, 3.63) is 30.3 Å². The first-order valence-corrected chi connectivity index (χ1v) is 4.55. The lowest BCUT2D eigenvalue weighted by atomic mass is 10.2. The van der Waals surface area contributed by atoms with Crippen molar-refractivity contribution in [3.8, 4) is 0 Å². The van der Waals surface area contributed by atoms with E-state index in [1.54, 1.807) is 18.9 Å². The topological polar surface area (TPSA) is 35.8 Å². The molecule has 0 heterocycles. The van der Waals surface area contributed by atoms with Crippen LogP contribution in [0.5, 0.6) is 0 Å². The zero-order chi connectivity index (χ0) is 10.6. The largest absolute Gasteiger partial charge is 0.385 e. The number of rotatable bonds is 3. The summed E-state index contributed by atoms with van der Waals surface area (Å²) in [5.41, 5.74) is 0.122. The molecule has 1 aromatic rings. The van der Waals surface area contributed by atoms with Crippen molar-refractivity contribution >= 4 is 11.9 Å². The third-order valence-electron chi connectivity index (χ3n) is 1.68. The molecule has 1 aromatic carbocycles. The van der Waals surface area contributed by atoms with E-state index in [0.29, 0.717) is 0 Å². The maximum atomic E-state index is 9.44. The van der Waals surface area contributed by atoms with Crippen molar-refractivity contribution in [2.75, 3.05) is 12.1 Å². The molecule has 1 rings (SSSR count). The van der Waals surface area contributed by atoms with Gasteiger partial charge in [0.05, 0.1) is 17.5 Å². The minimum atomic E-state index is -0.872. The van der Waals surface area contributed by atoms with Crippen LogP contribution in [0.2, 0.25) is 0 Å². The molecule has 0 bridgehead atoms. The highest BCUT2D eigenvalue weighted by Crippen LogP contribution is 2.11. The number of hydrogen-bond acceptors (Lipinski definition) is 3. The van der Waals surface area contributed by atoms with E-state index in [9.17, 15) is 5.11 Å². The van der Waals surface area contributed by atoms with E-state index in [1.807, 2.05) is 37.4 Å². The molecular formula is C11H16N2O. The molecule has 0 fully saturated rings. The van der Waals surface area contributed by atoms with Crippen molar-refractivity contribution in [1.29, 1.82) is 0 Å². The molecule has 0 saturated carbocycles. The van der Waals surface area contributed by atoms with Crippen LogP contribution in [0.25, 0.3) is 0 Å². The Labute approximate surface area is 84.7 Å². The van der Waals surface area contributed by atoms with E-state index in [1.165, 1.54) is 6.21 Å². The van der Waals surface area contributed by atoms with Crippen LogP contribution in [0.15, 0.2) is 35.4 Å². The molecule has 3 nitrogen and oxygen atoms in total. The number of benzene rings is 1. The van der Waals surface area contributed by atoms with Crippen LogP contribution in [0.3, 0.4) is 0 Å². The van der Waals surface area contributed by atoms with E-state index in [4.69, 9.17) is 0 Å². The zero-order valence-corrected chi connectivity index (χ0v) is 8.81. The van der Waals surface area contributed by atoms with Gasteiger partial charge in [-0.05, 0) is 26.0 Å². The summed E-state index contributed by atoms with van der Waals surface area (Å²) in [6.45, 7) is 3.38. The van der Waals surface area contributed by atoms with Crippen LogP contribution < -0.4 is 5.01 Å². The van der Waals surface area contributed by atoms with E-state index in [2.05, 4.69) is 5.10 Å². The Morgan fingerprint density at radius 3 is 2.36 bits per heavy atom. The second kappa shape index (κ2) is 4.24. The summed E-state index contributed by atoms with van der Waals surface area (Å²) in [7, 11) is 1.84. The minimum absolute atomic E-state index is 0.872. The second-order valence-corrected chi connectivity index (χ2v) is 3.76. The summed E-state index contributed by atoms with van der Waals surface area (Å²) in [5, 5.41) is 15.3. The Morgan fingerprint density at radius 1 is 1.29 bits per heavy atom. The van der Waals surface area contributed by atoms with Gasteiger partial charge >= 0.3 is 0 Å². The number of hydrogen-bond donors (Lipinski definition) is 1. The number of anilines is 1. The highest BCUT2D eigenvalue weighted by atomic mass is 16.3. The van der Waals surface area contributed by atoms with E-state index < -0.39 is 5.60 Å². The van der Waals surface area contributed by atoms with E-state index >= 15 is 0 Å². The lowest BCUT2D eigenvalue weighted by molar-refractivity contribution is 0.159. The standard InChI is InChI=1S/C11H16N2O/c1-11(2,14)9-12-13(3)10-7-5-4-6-8-10/h4-9,14H,1-3H3/b12-9+. The highest BCUT2D eigenvalue weighted by molar-refractivity contribution is 5.68. The summed E-state index contributed by atoms with van der Waals surface area (Å²) in [6.07, 6.45) is 1.51. The fourth-order valence-corrected chi connectivity index (χ4v) is 0.938. The number of hydrazone groups is 1. The van der Waals surface area contributed by atoms with Crippen molar-refractivity contribution < 1.29 is 5.11 Å². The van der Waals surface area contributed by atoms with Gasteiger partial charge in [-0.3, -0.25) is 5.01 Å². The van der Waals surface area contributed by atoms with E-state index in [0.717, 1.165) is 5.69 Å². The molecule has 0 radical (unpaired) electrons. The molecule has 3 heteroatoms. The first kappa shape index (κ1) is 10.7. The normalized spacial score (nSPS) is 12.0. The molecule has 0 amide bonds. The third-order valence-corrected chi connectivity index (χ3v) is 1.68. The van der Waals surface area contributed by atoms with Crippen LogP contribution in [0.1, 0.15) is 13.8 Å². The fourth-order valence-electron chi connectivity index (χ4n) is 0.938. The van der Waals surface area contributed by atoms with E-state index in [-0.39, 0.29) is 0 Å². The van der Waals surface area contributed by atoms with Gasteiger partial charge in [-0.1, -0.05) is 18.2 Å². The smallest absolute Gasteiger partial charge is 0.0959 e. The van der Waals surface area contributed by atoms with Crippen molar-refractivity contribution in [2.24, 2.45) is 5.10 Å². The van der Waals surface area contributed by atoms with Crippen LogP contribution in [-0.2, 0) is 0 Å². The molecule has 0 aliphatic carbocycles. The van der Waals surface area contributed by atoms with Gasteiger partial charge in [-0.15, -0.1) is 0 Å². The Morgan fingerprint density at radius 2 is 1.86 bits per heavy atom. The van der Waals surface area contributed by atoms with Crippen LogP contribution in [-0.4, -0.2) is 24.0 Å².